The van der Waals surface area contributed by atoms with E-state index in [1.165, 1.54) is 41.6 Å². The SMILES string of the molecule is CC(C(=O)NCC(C)(O)c1ccc(F)cc1)n1cncn1. The predicted octanol–water partition coefficient (Wildman–Crippen LogP) is 1.00. The van der Waals surface area contributed by atoms with Crippen molar-refractivity contribution >= 4 is 5.91 Å². The number of carbonyl (C=O) groups excluding carboxylic acids is 1. The Morgan fingerprint density at radius 1 is 1.48 bits per heavy atom. The Kier molecular flexibility index (Phi) is 4.32. The van der Waals surface area contributed by atoms with Crippen molar-refractivity contribution in [2.75, 3.05) is 6.54 Å². The molecule has 0 saturated heterocycles. The number of carbonyl (C=O) groups is 1. The van der Waals surface area contributed by atoms with E-state index in [1.807, 2.05) is 0 Å². The van der Waals surface area contributed by atoms with Gasteiger partial charge < -0.3 is 10.4 Å². The summed E-state index contributed by atoms with van der Waals surface area (Å²) >= 11 is 0. The van der Waals surface area contributed by atoms with Gasteiger partial charge in [0, 0.05) is 0 Å². The van der Waals surface area contributed by atoms with E-state index < -0.39 is 11.6 Å². The standard InChI is InChI=1S/C14H17FN4O2/c1-10(19-9-16-8-18-19)13(20)17-7-14(2,21)11-3-5-12(15)6-4-11/h3-6,8-10,21H,7H2,1-2H3,(H,17,20). The van der Waals surface area contributed by atoms with Crippen LogP contribution in [0.15, 0.2) is 36.9 Å². The molecular formula is C14H17FN4O2. The third kappa shape index (κ3) is 3.63. The smallest absolute Gasteiger partial charge is 0.244 e. The van der Waals surface area contributed by atoms with Gasteiger partial charge in [0.2, 0.25) is 5.91 Å². The van der Waals surface area contributed by atoms with E-state index in [2.05, 4.69) is 15.4 Å². The Bertz CT molecular complexity index is 596. The van der Waals surface area contributed by atoms with Crippen molar-refractivity contribution in [2.45, 2.75) is 25.5 Å². The van der Waals surface area contributed by atoms with Crippen LogP contribution in [-0.4, -0.2) is 32.3 Å². The van der Waals surface area contributed by atoms with Crippen molar-refractivity contribution in [1.82, 2.24) is 20.1 Å². The lowest BCUT2D eigenvalue weighted by atomic mass is 9.96. The Morgan fingerprint density at radius 2 is 2.14 bits per heavy atom. The Morgan fingerprint density at radius 3 is 2.71 bits per heavy atom. The average molecular weight is 292 g/mol. The molecule has 0 saturated carbocycles. The minimum absolute atomic E-state index is 0.0104. The normalized spacial score (nSPS) is 15.2. The van der Waals surface area contributed by atoms with Crippen molar-refractivity contribution in [3.63, 3.8) is 0 Å². The van der Waals surface area contributed by atoms with Crippen LogP contribution in [-0.2, 0) is 10.4 Å². The molecule has 1 amide bonds. The highest BCUT2D eigenvalue weighted by atomic mass is 19.1. The Labute approximate surface area is 121 Å². The van der Waals surface area contributed by atoms with Crippen molar-refractivity contribution in [3.05, 3.63) is 48.3 Å². The van der Waals surface area contributed by atoms with E-state index >= 15 is 0 Å². The molecule has 112 valence electrons. The first-order valence-corrected chi connectivity index (χ1v) is 6.50. The summed E-state index contributed by atoms with van der Waals surface area (Å²) in [6, 6.07) is 4.98. The van der Waals surface area contributed by atoms with Crippen LogP contribution in [0.25, 0.3) is 0 Å². The first-order chi connectivity index (χ1) is 9.90. The number of aromatic nitrogens is 3. The van der Waals surface area contributed by atoms with Gasteiger partial charge in [0.15, 0.2) is 0 Å². The van der Waals surface area contributed by atoms with E-state index in [0.717, 1.165) is 0 Å². The van der Waals surface area contributed by atoms with Gasteiger partial charge in [0.25, 0.3) is 0 Å². The maximum absolute atomic E-state index is 12.9. The van der Waals surface area contributed by atoms with E-state index in [4.69, 9.17) is 0 Å². The fourth-order valence-corrected chi connectivity index (χ4v) is 1.86. The first-order valence-electron chi connectivity index (χ1n) is 6.50. The summed E-state index contributed by atoms with van der Waals surface area (Å²) in [5.41, 5.74) is -0.761. The zero-order valence-electron chi connectivity index (χ0n) is 11.8. The lowest BCUT2D eigenvalue weighted by molar-refractivity contribution is -0.125. The fraction of sp³-hybridized carbons (Fsp3) is 0.357. The fourth-order valence-electron chi connectivity index (χ4n) is 1.86. The van der Waals surface area contributed by atoms with Crippen LogP contribution in [0.4, 0.5) is 4.39 Å². The summed E-state index contributed by atoms with van der Waals surface area (Å²) < 4.78 is 14.3. The summed E-state index contributed by atoms with van der Waals surface area (Å²) in [4.78, 5) is 15.8. The van der Waals surface area contributed by atoms with Crippen LogP contribution in [0.2, 0.25) is 0 Å². The van der Waals surface area contributed by atoms with Crippen molar-refractivity contribution < 1.29 is 14.3 Å². The van der Waals surface area contributed by atoms with Gasteiger partial charge in [0.05, 0.1) is 6.54 Å². The lowest BCUT2D eigenvalue weighted by Gasteiger charge is -2.25. The number of nitrogens with one attached hydrogen (secondary N) is 1. The summed E-state index contributed by atoms with van der Waals surface area (Å²) in [6.45, 7) is 3.24. The molecule has 2 unspecified atom stereocenters. The van der Waals surface area contributed by atoms with Crippen molar-refractivity contribution in [2.24, 2.45) is 0 Å². The molecule has 0 aliphatic rings. The number of hydrogen-bond acceptors (Lipinski definition) is 4. The maximum Gasteiger partial charge on any atom is 0.244 e. The van der Waals surface area contributed by atoms with E-state index in [-0.39, 0.29) is 18.3 Å². The second-order valence-corrected chi connectivity index (χ2v) is 5.05. The molecule has 6 nitrogen and oxygen atoms in total. The van der Waals surface area contributed by atoms with E-state index in [0.29, 0.717) is 5.56 Å². The maximum atomic E-state index is 12.9. The van der Waals surface area contributed by atoms with Gasteiger partial charge in [-0.2, -0.15) is 5.10 Å². The molecule has 0 radical (unpaired) electrons. The number of nitrogens with zero attached hydrogens (tertiary/aromatic N) is 3. The molecule has 1 aromatic heterocycles. The summed E-state index contributed by atoms with van der Waals surface area (Å²) in [5, 5.41) is 16.9. The first kappa shape index (κ1) is 15.1. The largest absolute Gasteiger partial charge is 0.384 e. The number of aliphatic hydroxyl groups is 1. The molecule has 0 spiro atoms. The van der Waals surface area contributed by atoms with Crippen LogP contribution in [0, 0.1) is 5.82 Å². The quantitative estimate of drug-likeness (QED) is 0.861. The molecule has 1 aromatic carbocycles. The molecule has 21 heavy (non-hydrogen) atoms. The number of halogens is 1. The Hall–Kier alpha value is -2.28. The minimum atomic E-state index is -1.29. The number of benzene rings is 1. The highest BCUT2D eigenvalue weighted by molar-refractivity contribution is 5.79. The summed E-state index contributed by atoms with van der Waals surface area (Å²) in [5.74, 6) is -0.665. The molecule has 0 aliphatic heterocycles. The van der Waals surface area contributed by atoms with Crippen molar-refractivity contribution in [3.8, 4) is 0 Å². The van der Waals surface area contributed by atoms with Crippen LogP contribution in [0.5, 0.6) is 0 Å². The van der Waals surface area contributed by atoms with Crippen LogP contribution in [0.3, 0.4) is 0 Å². The molecule has 1 heterocycles. The summed E-state index contributed by atoms with van der Waals surface area (Å²) in [6.07, 6.45) is 2.79. The number of rotatable bonds is 5. The zero-order valence-corrected chi connectivity index (χ0v) is 11.8. The molecule has 2 N–H and O–H groups in total. The highest BCUT2D eigenvalue weighted by Gasteiger charge is 2.25. The van der Waals surface area contributed by atoms with Crippen LogP contribution < -0.4 is 5.32 Å². The zero-order chi connectivity index (χ0) is 15.5. The van der Waals surface area contributed by atoms with Crippen LogP contribution in [0.1, 0.15) is 25.5 Å². The second kappa shape index (κ2) is 6.01. The molecule has 2 aromatic rings. The minimum Gasteiger partial charge on any atom is -0.384 e. The van der Waals surface area contributed by atoms with Gasteiger partial charge in [0.1, 0.15) is 30.1 Å². The third-order valence-electron chi connectivity index (χ3n) is 3.29. The van der Waals surface area contributed by atoms with Crippen molar-refractivity contribution in [1.29, 1.82) is 0 Å². The second-order valence-electron chi connectivity index (χ2n) is 5.05. The average Bonchev–Trinajstić information content (AvgIpc) is 2.98. The van der Waals surface area contributed by atoms with Gasteiger partial charge in [-0.05, 0) is 31.5 Å². The molecular weight excluding hydrogens is 275 g/mol. The van der Waals surface area contributed by atoms with Crippen LogP contribution >= 0.6 is 0 Å². The third-order valence-corrected chi connectivity index (χ3v) is 3.29. The monoisotopic (exact) mass is 292 g/mol. The Balaban J connectivity index is 1.98. The lowest BCUT2D eigenvalue weighted by Crippen LogP contribution is -2.41. The van der Waals surface area contributed by atoms with Gasteiger partial charge in [-0.25, -0.2) is 14.1 Å². The topological polar surface area (TPSA) is 80.0 Å². The highest BCUT2D eigenvalue weighted by Crippen LogP contribution is 2.20. The van der Waals surface area contributed by atoms with Gasteiger partial charge in [-0.15, -0.1) is 0 Å². The van der Waals surface area contributed by atoms with Gasteiger partial charge in [-0.1, -0.05) is 12.1 Å². The summed E-state index contributed by atoms with van der Waals surface area (Å²) in [7, 11) is 0. The van der Waals surface area contributed by atoms with Gasteiger partial charge in [-0.3, -0.25) is 4.79 Å². The molecule has 0 aliphatic carbocycles. The van der Waals surface area contributed by atoms with Gasteiger partial charge >= 0.3 is 0 Å². The van der Waals surface area contributed by atoms with E-state index in [9.17, 15) is 14.3 Å². The molecule has 0 bridgehead atoms. The molecule has 2 atom stereocenters. The number of hydrogen-bond donors (Lipinski definition) is 2. The molecule has 2 rings (SSSR count). The predicted molar refractivity (Wildman–Crippen MR) is 73.7 cm³/mol. The number of amides is 1. The molecule has 0 fully saturated rings. The molecule has 7 heteroatoms. The van der Waals surface area contributed by atoms with E-state index in [1.54, 1.807) is 13.8 Å².